The van der Waals surface area contributed by atoms with Gasteiger partial charge in [0.2, 0.25) is 0 Å². The number of ether oxygens (including phenoxy) is 1. The van der Waals surface area contributed by atoms with Crippen molar-refractivity contribution in [1.82, 2.24) is 10.2 Å². The van der Waals surface area contributed by atoms with Crippen LogP contribution in [0.15, 0.2) is 33.7 Å². The van der Waals surface area contributed by atoms with Gasteiger partial charge in [-0.15, -0.1) is 0 Å². The Hall–Kier alpha value is -1.07. The van der Waals surface area contributed by atoms with Crippen molar-refractivity contribution in [2.45, 2.75) is 38.0 Å². The van der Waals surface area contributed by atoms with E-state index >= 15 is 0 Å². The molecule has 0 bridgehead atoms. The minimum atomic E-state index is 0.218. The van der Waals surface area contributed by atoms with Gasteiger partial charge in [0.15, 0.2) is 5.96 Å². The third kappa shape index (κ3) is 4.37. The lowest BCUT2D eigenvalue weighted by Gasteiger charge is -2.41. The molecule has 1 unspecified atom stereocenters. The highest BCUT2D eigenvalue weighted by Crippen LogP contribution is 2.44. The van der Waals surface area contributed by atoms with Gasteiger partial charge in [0.1, 0.15) is 0 Å². The van der Waals surface area contributed by atoms with Crippen LogP contribution in [-0.4, -0.2) is 50.8 Å². The Labute approximate surface area is 160 Å². The van der Waals surface area contributed by atoms with E-state index in [0.29, 0.717) is 5.92 Å². The quantitative estimate of drug-likeness (QED) is 0.575. The van der Waals surface area contributed by atoms with E-state index < -0.39 is 0 Å². The van der Waals surface area contributed by atoms with Crippen LogP contribution in [-0.2, 0) is 10.2 Å². The molecule has 1 saturated carbocycles. The van der Waals surface area contributed by atoms with Crippen LogP contribution in [0.2, 0.25) is 0 Å². The molecule has 1 atom stereocenters. The summed E-state index contributed by atoms with van der Waals surface area (Å²) in [5.74, 6) is 1.69. The van der Waals surface area contributed by atoms with E-state index in [1.165, 1.54) is 31.2 Å². The predicted molar refractivity (Wildman–Crippen MR) is 107 cm³/mol. The third-order valence-corrected chi connectivity index (χ3v) is 6.10. The van der Waals surface area contributed by atoms with Crippen LogP contribution in [0.1, 0.15) is 38.2 Å². The highest BCUT2D eigenvalue weighted by atomic mass is 79.9. The first-order valence-corrected chi connectivity index (χ1v) is 10.2. The molecule has 5 heteroatoms. The second kappa shape index (κ2) is 8.54. The van der Waals surface area contributed by atoms with Crippen molar-refractivity contribution in [3.8, 4) is 0 Å². The van der Waals surface area contributed by atoms with E-state index in [4.69, 9.17) is 9.73 Å². The summed E-state index contributed by atoms with van der Waals surface area (Å²) in [6, 6.07) is 8.77. The van der Waals surface area contributed by atoms with Gasteiger partial charge in [-0.2, -0.15) is 0 Å². The van der Waals surface area contributed by atoms with Crippen LogP contribution < -0.4 is 5.32 Å². The van der Waals surface area contributed by atoms with Crippen LogP contribution in [0.3, 0.4) is 0 Å². The summed E-state index contributed by atoms with van der Waals surface area (Å²) in [4.78, 5) is 7.47. The van der Waals surface area contributed by atoms with Crippen LogP contribution in [0.5, 0.6) is 0 Å². The van der Waals surface area contributed by atoms with Gasteiger partial charge in [-0.3, -0.25) is 4.99 Å². The first kappa shape index (κ1) is 18.7. The number of nitrogens with zero attached hydrogens (tertiary/aromatic N) is 2. The fraction of sp³-hybridized carbons (Fsp3) is 0.650. The fourth-order valence-electron chi connectivity index (χ4n) is 4.01. The number of benzene rings is 1. The normalized spacial score (nSPS) is 22.8. The van der Waals surface area contributed by atoms with Crippen LogP contribution in [0.4, 0.5) is 0 Å². The molecule has 1 aliphatic carbocycles. The van der Waals surface area contributed by atoms with E-state index in [2.05, 4.69) is 57.3 Å². The number of rotatable bonds is 6. The zero-order chi connectivity index (χ0) is 17.7. The molecule has 1 N–H and O–H groups in total. The van der Waals surface area contributed by atoms with Gasteiger partial charge in [-0.25, -0.2) is 0 Å². The number of likely N-dealkylation sites (tertiary alicyclic amines) is 1. The van der Waals surface area contributed by atoms with Gasteiger partial charge in [-0.05, 0) is 43.9 Å². The lowest BCUT2D eigenvalue weighted by Crippen LogP contribution is -2.43. The highest BCUT2D eigenvalue weighted by Gasteiger charge is 2.39. The van der Waals surface area contributed by atoms with Gasteiger partial charge >= 0.3 is 0 Å². The lowest BCUT2D eigenvalue weighted by molar-refractivity contribution is 0.157. The minimum Gasteiger partial charge on any atom is -0.384 e. The molecule has 0 aromatic heterocycles. The molecule has 2 aliphatic rings. The van der Waals surface area contributed by atoms with Gasteiger partial charge in [0.05, 0.1) is 13.2 Å². The summed E-state index contributed by atoms with van der Waals surface area (Å²) < 4.78 is 6.49. The van der Waals surface area contributed by atoms with Crippen LogP contribution in [0, 0.1) is 5.92 Å². The van der Waals surface area contributed by atoms with Gasteiger partial charge < -0.3 is 15.0 Å². The summed E-state index contributed by atoms with van der Waals surface area (Å²) in [6.45, 7) is 6.89. The largest absolute Gasteiger partial charge is 0.384 e. The first-order valence-electron chi connectivity index (χ1n) is 9.45. The number of hydrogen-bond donors (Lipinski definition) is 1. The van der Waals surface area contributed by atoms with E-state index in [0.717, 1.165) is 43.2 Å². The van der Waals surface area contributed by atoms with Crippen LogP contribution >= 0.6 is 15.9 Å². The molecule has 4 nitrogen and oxygen atoms in total. The monoisotopic (exact) mass is 407 g/mol. The zero-order valence-corrected chi connectivity index (χ0v) is 17.0. The number of nitrogens with one attached hydrogen (secondary N) is 1. The van der Waals surface area contributed by atoms with Crippen molar-refractivity contribution in [3.63, 3.8) is 0 Å². The molecule has 138 valence electrons. The topological polar surface area (TPSA) is 36.9 Å². The second-order valence-electron chi connectivity index (χ2n) is 7.37. The van der Waals surface area contributed by atoms with Gasteiger partial charge in [0.25, 0.3) is 0 Å². The average molecular weight is 408 g/mol. The molecule has 3 rings (SSSR count). The molecule has 2 fully saturated rings. The number of hydrogen-bond acceptors (Lipinski definition) is 2. The van der Waals surface area contributed by atoms with Gasteiger partial charge in [-0.1, -0.05) is 34.5 Å². The van der Waals surface area contributed by atoms with Crippen molar-refractivity contribution >= 4 is 21.9 Å². The van der Waals surface area contributed by atoms with Gasteiger partial charge in [0, 0.05) is 42.5 Å². The molecular weight excluding hydrogens is 378 g/mol. The molecular formula is C20H30BrN3O. The summed E-state index contributed by atoms with van der Waals surface area (Å²) >= 11 is 3.62. The SMILES string of the molecule is CCNC(=NCC1(c2cccc(Br)c2)CCC1)N1CCC(COC)C1. The number of halogens is 1. The summed E-state index contributed by atoms with van der Waals surface area (Å²) in [5.41, 5.74) is 1.64. The molecule has 1 aromatic carbocycles. The van der Waals surface area contributed by atoms with Crippen molar-refractivity contribution in [3.05, 3.63) is 34.3 Å². The van der Waals surface area contributed by atoms with Crippen molar-refractivity contribution in [1.29, 1.82) is 0 Å². The van der Waals surface area contributed by atoms with Crippen molar-refractivity contribution in [2.75, 3.05) is 39.9 Å². The summed E-state index contributed by atoms with van der Waals surface area (Å²) in [7, 11) is 1.79. The lowest BCUT2D eigenvalue weighted by atomic mass is 9.64. The van der Waals surface area contributed by atoms with Crippen LogP contribution in [0.25, 0.3) is 0 Å². The predicted octanol–water partition coefficient (Wildman–Crippen LogP) is 3.80. The van der Waals surface area contributed by atoms with E-state index in [-0.39, 0.29) is 5.41 Å². The first-order chi connectivity index (χ1) is 12.2. The maximum atomic E-state index is 5.33. The zero-order valence-electron chi connectivity index (χ0n) is 15.4. The fourth-order valence-corrected chi connectivity index (χ4v) is 4.41. The number of guanidine groups is 1. The molecule has 1 aliphatic heterocycles. The van der Waals surface area contributed by atoms with E-state index in [1.54, 1.807) is 7.11 Å². The number of methoxy groups -OCH3 is 1. The van der Waals surface area contributed by atoms with Crippen molar-refractivity contribution in [2.24, 2.45) is 10.9 Å². The second-order valence-corrected chi connectivity index (χ2v) is 8.29. The molecule has 1 aromatic rings. The average Bonchev–Trinajstić information content (AvgIpc) is 3.02. The number of aliphatic imine (C=N–C) groups is 1. The van der Waals surface area contributed by atoms with Crippen molar-refractivity contribution < 1.29 is 4.74 Å². The Morgan fingerprint density at radius 1 is 1.44 bits per heavy atom. The molecule has 0 amide bonds. The Balaban J connectivity index is 1.72. The Morgan fingerprint density at radius 2 is 2.28 bits per heavy atom. The molecule has 1 saturated heterocycles. The Morgan fingerprint density at radius 3 is 2.92 bits per heavy atom. The summed E-state index contributed by atoms with van der Waals surface area (Å²) in [5, 5.41) is 3.50. The molecule has 0 spiro atoms. The third-order valence-electron chi connectivity index (χ3n) is 5.60. The smallest absolute Gasteiger partial charge is 0.193 e. The maximum absolute atomic E-state index is 5.33. The standard InChI is InChI=1S/C20H30BrN3O/c1-3-22-19(24-11-8-16(13-24)14-25-2)23-15-20(9-5-10-20)17-6-4-7-18(21)12-17/h4,6-7,12,16H,3,5,8-11,13-15H2,1-2H3,(H,22,23). The maximum Gasteiger partial charge on any atom is 0.193 e. The minimum absolute atomic E-state index is 0.218. The van der Waals surface area contributed by atoms with E-state index in [1.807, 2.05) is 0 Å². The molecule has 0 radical (unpaired) electrons. The Bertz CT molecular complexity index is 600. The highest BCUT2D eigenvalue weighted by molar-refractivity contribution is 9.10. The molecule has 1 heterocycles. The molecule has 25 heavy (non-hydrogen) atoms. The van der Waals surface area contributed by atoms with E-state index in [9.17, 15) is 0 Å². The Kier molecular flexibility index (Phi) is 6.39. The summed E-state index contributed by atoms with van der Waals surface area (Å²) in [6.07, 6.45) is 4.96.